The average Bonchev–Trinajstić information content (AvgIpc) is 2.58. The fourth-order valence-electron chi connectivity index (χ4n) is 0.958. The summed E-state index contributed by atoms with van der Waals surface area (Å²) in [5.74, 6) is 0. The Labute approximate surface area is 69.8 Å². The van der Waals surface area contributed by atoms with Crippen molar-refractivity contribution in [2.75, 3.05) is 10.9 Å². The van der Waals surface area contributed by atoms with Crippen molar-refractivity contribution in [1.82, 2.24) is 11.0 Å². The normalized spacial score (nSPS) is 14.2. The van der Waals surface area contributed by atoms with Gasteiger partial charge in [-0.3, -0.25) is 5.43 Å². The van der Waals surface area contributed by atoms with Crippen LogP contribution in [0.25, 0.3) is 0 Å². The van der Waals surface area contributed by atoms with Crippen LogP contribution in [0.5, 0.6) is 0 Å². The second kappa shape index (κ2) is 2.61. The molecule has 0 amide bonds. The lowest BCUT2D eigenvalue weighted by Gasteiger charge is -2.16. The second-order valence-corrected chi connectivity index (χ2v) is 2.41. The molecule has 62 valence electrons. The molecule has 0 bridgehead atoms. The molecule has 0 saturated heterocycles. The molecule has 2 rings (SSSR count). The third kappa shape index (κ3) is 1.12. The molecule has 1 aromatic carbocycles. The number of nitrogen functional groups attached to an aromatic ring is 1. The van der Waals surface area contributed by atoms with Gasteiger partial charge in [0, 0.05) is 5.69 Å². The summed E-state index contributed by atoms with van der Waals surface area (Å²) in [6, 6.07) is 7.45. The lowest BCUT2D eigenvalue weighted by Crippen LogP contribution is -2.38. The molecule has 1 aliphatic heterocycles. The number of benzene rings is 1. The van der Waals surface area contributed by atoms with E-state index in [1.165, 1.54) is 0 Å². The van der Waals surface area contributed by atoms with Crippen LogP contribution in [0.3, 0.4) is 0 Å². The topological polar surface area (TPSA) is 65.7 Å². The molecule has 0 unspecified atom stereocenters. The minimum atomic E-state index is 0.749. The summed E-state index contributed by atoms with van der Waals surface area (Å²) in [7, 11) is 0. The highest BCUT2D eigenvalue weighted by Gasteiger charge is 2.05. The molecule has 0 atom stereocenters. The fourth-order valence-corrected chi connectivity index (χ4v) is 0.958. The third-order valence-electron chi connectivity index (χ3n) is 1.56. The number of nitrogens with two attached hydrogens (primary N) is 1. The second-order valence-electron chi connectivity index (χ2n) is 2.41. The summed E-state index contributed by atoms with van der Waals surface area (Å²) in [5.41, 5.74) is 12.9. The van der Waals surface area contributed by atoms with Crippen LogP contribution in [0.1, 0.15) is 0 Å². The monoisotopic (exact) mass is 163 g/mol. The van der Waals surface area contributed by atoms with Gasteiger partial charge in [0.1, 0.15) is 6.34 Å². The van der Waals surface area contributed by atoms with Crippen molar-refractivity contribution in [3.05, 3.63) is 24.3 Å². The van der Waals surface area contributed by atoms with Crippen LogP contribution in [-0.2, 0) is 0 Å². The van der Waals surface area contributed by atoms with Gasteiger partial charge in [0.25, 0.3) is 0 Å². The molecule has 5 nitrogen and oxygen atoms in total. The van der Waals surface area contributed by atoms with E-state index in [0.29, 0.717) is 0 Å². The molecule has 0 radical (unpaired) electrons. The lowest BCUT2D eigenvalue weighted by atomic mass is 10.3. The van der Waals surface area contributed by atoms with E-state index in [0.717, 1.165) is 11.4 Å². The maximum Gasteiger partial charge on any atom is 0.131 e. The van der Waals surface area contributed by atoms with Crippen LogP contribution in [0, 0.1) is 0 Å². The summed E-state index contributed by atoms with van der Waals surface area (Å²) in [4.78, 5) is 0. The zero-order chi connectivity index (χ0) is 8.39. The highest BCUT2D eigenvalue weighted by Crippen LogP contribution is 2.13. The summed E-state index contributed by atoms with van der Waals surface area (Å²) in [6.07, 6.45) is 1.57. The van der Waals surface area contributed by atoms with Crippen molar-refractivity contribution >= 4 is 17.7 Å². The third-order valence-corrected chi connectivity index (χ3v) is 1.56. The first-order valence-corrected chi connectivity index (χ1v) is 3.55. The van der Waals surface area contributed by atoms with Gasteiger partial charge in [-0.2, -0.15) is 10.7 Å². The number of hydrazone groups is 1. The first-order chi connectivity index (χ1) is 5.86. The van der Waals surface area contributed by atoms with Crippen molar-refractivity contribution < 1.29 is 0 Å². The Morgan fingerprint density at radius 3 is 2.58 bits per heavy atom. The van der Waals surface area contributed by atoms with Crippen LogP contribution in [0.15, 0.2) is 29.4 Å². The van der Waals surface area contributed by atoms with Crippen molar-refractivity contribution in [3.8, 4) is 0 Å². The van der Waals surface area contributed by atoms with Gasteiger partial charge in [-0.1, -0.05) is 0 Å². The number of hydrogen-bond acceptors (Lipinski definition) is 5. The van der Waals surface area contributed by atoms with Gasteiger partial charge in [0.05, 0.1) is 5.69 Å². The molecule has 0 saturated carbocycles. The minimum absolute atomic E-state index is 0.749. The van der Waals surface area contributed by atoms with Crippen LogP contribution in [0.4, 0.5) is 11.4 Å². The zero-order valence-corrected chi connectivity index (χ0v) is 6.36. The first kappa shape index (κ1) is 6.78. The molecule has 0 spiro atoms. The van der Waals surface area contributed by atoms with Crippen molar-refractivity contribution in [1.29, 1.82) is 0 Å². The lowest BCUT2D eigenvalue weighted by molar-refractivity contribution is 0.685. The Kier molecular flexibility index (Phi) is 1.48. The molecular weight excluding hydrogens is 154 g/mol. The van der Waals surface area contributed by atoms with Crippen LogP contribution >= 0.6 is 0 Å². The quantitative estimate of drug-likeness (QED) is 0.511. The van der Waals surface area contributed by atoms with E-state index < -0.39 is 0 Å². The van der Waals surface area contributed by atoms with E-state index in [1.807, 2.05) is 24.3 Å². The van der Waals surface area contributed by atoms with E-state index in [9.17, 15) is 0 Å². The van der Waals surface area contributed by atoms with Gasteiger partial charge in [-0.15, -0.1) is 5.10 Å². The standard InChI is InChI=1S/C7H9N5/c8-6-1-3-7(4-2-6)12-10-5-9-11-12/h1-5,11H,8H2,(H,9,10). The van der Waals surface area contributed by atoms with Gasteiger partial charge in [0.15, 0.2) is 0 Å². The smallest absolute Gasteiger partial charge is 0.131 e. The zero-order valence-electron chi connectivity index (χ0n) is 6.36. The molecule has 0 fully saturated rings. The minimum Gasteiger partial charge on any atom is -0.399 e. The van der Waals surface area contributed by atoms with E-state index in [4.69, 9.17) is 5.73 Å². The Morgan fingerprint density at radius 2 is 2.00 bits per heavy atom. The Morgan fingerprint density at radius 1 is 1.25 bits per heavy atom. The van der Waals surface area contributed by atoms with E-state index in [2.05, 4.69) is 16.1 Å². The molecule has 0 aliphatic carbocycles. The van der Waals surface area contributed by atoms with E-state index in [1.54, 1.807) is 11.5 Å². The number of nitrogens with one attached hydrogen (secondary N) is 2. The highest BCUT2D eigenvalue weighted by molar-refractivity contribution is 5.62. The largest absolute Gasteiger partial charge is 0.399 e. The average molecular weight is 163 g/mol. The summed E-state index contributed by atoms with van der Waals surface area (Å²) < 4.78 is 0. The predicted octanol–water partition coefficient (Wildman–Crippen LogP) is 0.0413. The number of anilines is 2. The number of nitrogens with zero attached hydrogens (tertiary/aromatic N) is 2. The van der Waals surface area contributed by atoms with Crippen LogP contribution < -0.4 is 21.8 Å². The van der Waals surface area contributed by atoms with Gasteiger partial charge in [-0.05, 0) is 24.3 Å². The fraction of sp³-hybridized carbons (Fsp3) is 0. The maximum absolute atomic E-state index is 5.53. The van der Waals surface area contributed by atoms with Crippen LogP contribution in [0.2, 0.25) is 0 Å². The van der Waals surface area contributed by atoms with Gasteiger partial charge in [-0.25, -0.2) is 0 Å². The van der Waals surface area contributed by atoms with E-state index >= 15 is 0 Å². The number of rotatable bonds is 1. The molecule has 1 aromatic rings. The molecule has 4 N–H and O–H groups in total. The molecule has 12 heavy (non-hydrogen) atoms. The molecular formula is C7H9N5. The van der Waals surface area contributed by atoms with Crippen molar-refractivity contribution in [2.45, 2.75) is 0 Å². The van der Waals surface area contributed by atoms with Gasteiger partial charge in [0.2, 0.25) is 0 Å². The number of hydrogen-bond donors (Lipinski definition) is 3. The SMILES string of the molecule is Nc1ccc(N2NC=NN2)cc1. The van der Waals surface area contributed by atoms with Crippen LogP contribution in [-0.4, -0.2) is 6.34 Å². The molecule has 1 heterocycles. The van der Waals surface area contributed by atoms with E-state index in [-0.39, 0.29) is 0 Å². The number of hydrazine groups is 2. The van der Waals surface area contributed by atoms with Crippen molar-refractivity contribution in [3.63, 3.8) is 0 Å². The Bertz CT molecular complexity index is 283. The summed E-state index contributed by atoms with van der Waals surface area (Å²) >= 11 is 0. The molecule has 5 heteroatoms. The first-order valence-electron chi connectivity index (χ1n) is 3.55. The van der Waals surface area contributed by atoms with Gasteiger partial charge >= 0.3 is 0 Å². The van der Waals surface area contributed by atoms with Crippen molar-refractivity contribution in [2.24, 2.45) is 5.10 Å². The maximum atomic E-state index is 5.53. The predicted molar refractivity (Wildman–Crippen MR) is 48.1 cm³/mol. The Balaban J connectivity index is 2.18. The molecule has 1 aliphatic rings. The highest BCUT2D eigenvalue weighted by atomic mass is 15.9. The summed E-state index contributed by atoms with van der Waals surface area (Å²) in [5, 5.41) is 5.45. The summed E-state index contributed by atoms with van der Waals surface area (Å²) in [6.45, 7) is 0. The molecule has 0 aromatic heterocycles. The Hall–Kier alpha value is -1.91. The van der Waals surface area contributed by atoms with Gasteiger partial charge < -0.3 is 5.73 Å².